The van der Waals surface area contributed by atoms with Crippen LogP contribution in [0.1, 0.15) is 67.3 Å². The summed E-state index contributed by atoms with van der Waals surface area (Å²) in [6.07, 6.45) is 9.03. The van der Waals surface area contributed by atoms with Crippen molar-refractivity contribution in [3.63, 3.8) is 0 Å². The van der Waals surface area contributed by atoms with Gasteiger partial charge in [0.2, 0.25) is 5.91 Å². The van der Waals surface area contributed by atoms with Crippen LogP contribution in [0.25, 0.3) is 0 Å². The van der Waals surface area contributed by atoms with Gasteiger partial charge in [0.05, 0.1) is 0 Å². The fraction of sp³-hybridized carbons (Fsp3) is 0.444. The lowest BCUT2D eigenvalue weighted by Gasteiger charge is -2.21. The Hall–Kier alpha value is -3.35. The van der Waals surface area contributed by atoms with Crippen LogP contribution in [0, 0.1) is 12.8 Å². The summed E-state index contributed by atoms with van der Waals surface area (Å²) in [6, 6.07) is 13.2. The van der Waals surface area contributed by atoms with Crippen LogP contribution in [-0.2, 0) is 4.79 Å². The SMILES string of the molecule is Cc1cc(C(=O)N=C2NCCCN2)ccc1Nc1cccc(NC(=O)CCC2CCCCC2)c1. The number of carbonyl (C=O) groups is 2. The van der Waals surface area contributed by atoms with Crippen molar-refractivity contribution in [3.05, 3.63) is 53.6 Å². The Morgan fingerprint density at radius 1 is 0.971 bits per heavy atom. The molecule has 180 valence electrons. The standard InChI is InChI=1S/C27H35N5O2/c1-19-17-21(26(34)32-27-28-15-6-16-29-27)12-13-24(19)30-22-9-5-10-23(18-22)31-25(33)14-11-20-7-3-2-4-8-20/h5,9-10,12-13,17-18,20,30H,2-4,6-8,11,14-16H2,1H3,(H,31,33)(H2,28,29,32,34). The third-order valence-electron chi connectivity index (χ3n) is 6.55. The Kier molecular flexibility index (Phi) is 8.17. The highest BCUT2D eigenvalue weighted by Gasteiger charge is 2.15. The van der Waals surface area contributed by atoms with Gasteiger partial charge < -0.3 is 21.3 Å². The molecule has 1 saturated heterocycles. The molecule has 4 N–H and O–H groups in total. The normalized spacial score (nSPS) is 16.2. The average molecular weight is 462 g/mol. The lowest BCUT2D eigenvalue weighted by atomic mass is 9.86. The van der Waals surface area contributed by atoms with E-state index in [-0.39, 0.29) is 11.8 Å². The van der Waals surface area contributed by atoms with Crippen molar-refractivity contribution in [2.24, 2.45) is 10.9 Å². The van der Waals surface area contributed by atoms with Gasteiger partial charge >= 0.3 is 0 Å². The van der Waals surface area contributed by atoms with Crippen LogP contribution < -0.4 is 21.3 Å². The highest BCUT2D eigenvalue weighted by Crippen LogP contribution is 2.28. The second-order valence-corrected chi connectivity index (χ2v) is 9.30. The Morgan fingerprint density at radius 3 is 2.50 bits per heavy atom. The second kappa shape index (κ2) is 11.7. The molecule has 2 fully saturated rings. The molecule has 0 unspecified atom stereocenters. The molecule has 0 spiro atoms. The Balaban J connectivity index is 1.33. The molecule has 1 saturated carbocycles. The maximum atomic E-state index is 12.5. The van der Waals surface area contributed by atoms with E-state index in [1.807, 2.05) is 43.3 Å². The van der Waals surface area contributed by atoms with E-state index in [1.54, 1.807) is 6.07 Å². The van der Waals surface area contributed by atoms with Crippen LogP contribution in [0.4, 0.5) is 17.1 Å². The average Bonchev–Trinajstić information content (AvgIpc) is 2.85. The molecule has 2 amide bonds. The van der Waals surface area contributed by atoms with Gasteiger partial charge in [-0.25, -0.2) is 0 Å². The number of rotatable bonds is 7. The molecule has 0 radical (unpaired) electrons. The molecule has 1 heterocycles. The van der Waals surface area contributed by atoms with Gasteiger partial charge in [-0.2, -0.15) is 4.99 Å². The molecule has 1 aliphatic carbocycles. The number of hydrogen-bond acceptors (Lipinski definition) is 3. The molecule has 0 aromatic heterocycles. The van der Waals surface area contributed by atoms with Crippen molar-refractivity contribution in [1.29, 1.82) is 0 Å². The van der Waals surface area contributed by atoms with Gasteiger partial charge in [0.1, 0.15) is 0 Å². The summed E-state index contributed by atoms with van der Waals surface area (Å²) in [5.74, 6) is 1.04. The summed E-state index contributed by atoms with van der Waals surface area (Å²) in [7, 11) is 0. The third kappa shape index (κ3) is 6.83. The molecule has 7 nitrogen and oxygen atoms in total. The van der Waals surface area contributed by atoms with E-state index in [1.165, 1.54) is 32.1 Å². The fourth-order valence-electron chi connectivity index (χ4n) is 4.61. The molecular weight excluding hydrogens is 426 g/mol. The number of aliphatic imine (C=N–C) groups is 1. The first-order chi connectivity index (χ1) is 16.6. The van der Waals surface area contributed by atoms with Crippen LogP contribution in [0.5, 0.6) is 0 Å². The second-order valence-electron chi connectivity index (χ2n) is 9.30. The third-order valence-corrected chi connectivity index (χ3v) is 6.55. The number of carbonyl (C=O) groups excluding carboxylic acids is 2. The quantitative estimate of drug-likeness (QED) is 0.459. The van der Waals surface area contributed by atoms with Gasteiger partial charge in [-0.1, -0.05) is 38.2 Å². The highest BCUT2D eigenvalue weighted by atomic mass is 16.2. The molecule has 2 aromatic rings. The van der Waals surface area contributed by atoms with E-state index in [2.05, 4.69) is 26.3 Å². The zero-order chi connectivity index (χ0) is 23.8. The summed E-state index contributed by atoms with van der Waals surface area (Å²) >= 11 is 0. The fourth-order valence-corrected chi connectivity index (χ4v) is 4.61. The minimum absolute atomic E-state index is 0.0744. The lowest BCUT2D eigenvalue weighted by Crippen LogP contribution is -2.44. The molecule has 1 aliphatic heterocycles. The Bertz CT molecular complexity index is 1040. The predicted molar refractivity (Wildman–Crippen MR) is 138 cm³/mol. The van der Waals surface area contributed by atoms with E-state index in [0.717, 1.165) is 48.6 Å². The van der Waals surface area contributed by atoms with Gasteiger partial charge in [0.25, 0.3) is 5.91 Å². The largest absolute Gasteiger partial charge is 0.356 e. The lowest BCUT2D eigenvalue weighted by molar-refractivity contribution is -0.116. The summed E-state index contributed by atoms with van der Waals surface area (Å²) in [5, 5.41) is 12.6. The summed E-state index contributed by atoms with van der Waals surface area (Å²) in [6.45, 7) is 3.60. The first-order valence-electron chi connectivity index (χ1n) is 12.5. The van der Waals surface area contributed by atoms with Gasteiger partial charge in [-0.3, -0.25) is 9.59 Å². The monoisotopic (exact) mass is 461 g/mol. The molecule has 0 bridgehead atoms. The first kappa shape index (κ1) is 23.8. The molecule has 0 atom stereocenters. The number of benzene rings is 2. The Morgan fingerprint density at radius 2 is 1.74 bits per heavy atom. The molecular formula is C27H35N5O2. The van der Waals surface area contributed by atoms with Crippen LogP contribution in [0.3, 0.4) is 0 Å². The highest BCUT2D eigenvalue weighted by molar-refractivity contribution is 6.03. The Labute approximate surface area is 201 Å². The zero-order valence-electron chi connectivity index (χ0n) is 20.0. The summed E-state index contributed by atoms with van der Waals surface area (Å²) in [5.41, 5.74) is 4.05. The van der Waals surface area contributed by atoms with Gasteiger partial charge in [-0.15, -0.1) is 0 Å². The van der Waals surface area contributed by atoms with E-state index in [4.69, 9.17) is 0 Å². The van der Waals surface area contributed by atoms with E-state index < -0.39 is 0 Å². The van der Waals surface area contributed by atoms with Gasteiger partial charge in [-0.05, 0) is 67.6 Å². The maximum Gasteiger partial charge on any atom is 0.280 e. The number of guanidine groups is 1. The number of amides is 2. The smallest absolute Gasteiger partial charge is 0.280 e. The van der Waals surface area contributed by atoms with Gasteiger partial charge in [0, 0.05) is 42.1 Å². The van der Waals surface area contributed by atoms with Crippen molar-refractivity contribution < 1.29 is 9.59 Å². The summed E-state index contributed by atoms with van der Waals surface area (Å²) < 4.78 is 0. The minimum atomic E-state index is -0.274. The van der Waals surface area contributed by atoms with Crippen molar-refractivity contribution in [1.82, 2.24) is 10.6 Å². The van der Waals surface area contributed by atoms with E-state index in [0.29, 0.717) is 23.9 Å². The molecule has 2 aromatic carbocycles. The summed E-state index contributed by atoms with van der Waals surface area (Å²) in [4.78, 5) is 29.1. The van der Waals surface area contributed by atoms with Crippen molar-refractivity contribution in [3.8, 4) is 0 Å². The number of hydrogen-bond donors (Lipinski definition) is 4. The van der Waals surface area contributed by atoms with Crippen molar-refractivity contribution in [2.45, 2.75) is 58.3 Å². The number of nitrogens with one attached hydrogen (secondary N) is 4. The van der Waals surface area contributed by atoms with E-state index in [9.17, 15) is 9.59 Å². The van der Waals surface area contributed by atoms with Gasteiger partial charge in [0.15, 0.2) is 5.96 Å². The molecule has 2 aliphatic rings. The number of aryl methyl sites for hydroxylation is 1. The molecule has 34 heavy (non-hydrogen) atoms. The minimum Gasteiger partial charge on any atom is -0.356 e. The maximum absolute atomic E-state index is 12.5. The molecule has 7 heteroatoms. The van der Waals surface area contributed by atoms with E-state index >= 15 is 0 Å². The number of anilines is 3. The topological polar surface area (TPSA) is 94.6 Å². The predicted octanol–water partition coefficient (Wildman–Crippen LogP) is 5.12. The van der Waals surface area contributed by atoms with Crippen LogP contribution in [-0.4, -0.2) is 30.9 Å². The van der Waals surface area contributed by atoms with Crippen LogP contribution in [0.15, 0.2) is 47.5 Å². The number of nitrogens with zero attached hydrogens (tertiary/aromatic N) is 1. The first-order valence-corrected chi connectivity index (χ1v) is 12.5. The van der Waals surface area contributed by atoms with Crippen LogP contribution >= 0.6 is 0 Å². The van der Waals surface area contributed by atoms with Crippen molar-refractivity contribution in [2.75, 3.05) is 23.7 Å². The van der Waals surface area contributed by atoms with Crippen molar-refractivity contribution >= 4 is 34.8 Å². The zero-order valence-corrected chi connectivity index (χ0v) is 20.0. The molecule has 4 rings (SSSR count). The van der Waals surface area contributed by atoms with Crippen LogP contribution in [0.2, 0.25) is 0 Å².